The highest BCUT2D eigenvalue weighted by atomic mass is 35.5. The molecule has 2 atom stereocenters. The predicted octanol–water partition coefficient (Wildman–Crippen LogP) is 3.65. The number of benzene rings is 2. The molecular formula is C19H20ClNO2. The number of ether oxygens (including phenoxy) is 2. The number of hydrogen-bond acceptors (Lipinski definition) is 3. The van der Waals surface area contributed by atoms with Gasteiger partial charge in [0, 0.05) is 30.6 Å². The van der Waals surface area contributed by atoms with E-state index in [0.29, 0.717) is 18.6 Å². The molecule has 0 N–H and O–H groups in total. The van der Waals surface area contributed by atoms with Gasteiger partial charge in [0.1, 0.15) is 24.2 Å². The highest BCUT2D eigenvalue weighted by Gasteiger charge is 2.37. The summed E-state index contributed by atoms with van der Waals surface area (Å²) >= 11 is 6.09. The van der Waals surface area contributed by atoms with Crippen LogP contribution in [0.1, 0.15) is 5.56 Å². The molecule has 0 aromatic heterocycles. The molecule has 1 saturated heterocycles. The third kappa shape index (κ3) is 3.31. The van der Waals surface area contributed by atoms with Gasteiger partial charge in [-0.3, -0.25) is 4.90 Å². The van der Waals surface area contributed by atoms with Crippen molar-refractivity contribution in [1.82, 2.24) is 4.90 Å². The lowest BCUT2D eigenvalue weighted by molar-refractivity contribution is 0.147. The van der Waals surface area contributed by atoms with Gasteiger partial charge < -0.3 is 9.47 Å². The third-order valence-electron chi connectivity index (χ3n) is 4.66. The van der Waals surface area contributed by atoms with Crippen LogP contribution in [-0.4, -0.2) is 37.2 Å². The SMILES string of the molecule is Clc1ccc2c(c1)C[C@@H]1CN(CCOc3ccccc3)C[C@H]1O2. The first kappa shape index (κ1) is 14.9. The van der Waals surface area contributed by atoms with Gasteiger partial charge >= 0.3 is 0 Å². The first-order chi connectivity index (χ1) is 11.3. The first-order valence-corrected chi connectivity index (χ1v) is 8.51. The number of nitrogens with zero attached hydrogens (tertiary/aromatic N) is 1. The van der Waals surface area contributed by atoms with E-state index < -0.39 is 0 Å². The molecule has 0 radical (unpaired) electrons. The molecular weight excluding hydrogens is 310 g/mol. The molecule has 0 spiro atoms. The normalized spacial score (nSPS) is 23.0. The maximum Gasteiger partial charge on any atom is 0.123 e. The molecule has 0 amide bonds. The Hall–Kier alpha value is -1.71. The minimum Gasteiger partial charge on any atom is -0.492 e. The molecule has 0 aliphatic carbocycles. The van der Waals surface area contributed by atoms with E-state index in [1.807, 2.05) is 48.5 Å². The molecule has 120 valence electrons. The van der Waals surface area contributed by atoms with Gasteiger partial charge in [-0.15, -0.1) is 0 Å². The van der Waals surface area contributed by atoms with Crippen LogP contribution < -0.4 is 9.47 Å². The number of hydrogen-bond donors (Lipinski definition) is 0. The molecule has 2 aliphatic heterocycles. The molecule has 2 aromatic rings. The maximum absolute atomic E-state index is 6.16. The van der Waals surface area contributed by atoms with Gasteiger partial charge in [-0.1, -0.05) is 29.8 Å². The topological polar surface area (TPSA) is 21.7 Å². The molecule has 0 saturated carbocycles. The Morgan fingerprint density at radius 3 is 2.87 bits per heavy atom. The largest absolute Gasteiger partial charge is 0.492 e. The van der Waals surface area contributed by atoms with E-state index in [1.165, 1.54) is 5.56 Å². The molecule has 2 aliphatic rings. The van der Waals surface area contributed by atoms with E-state index in [1.54, 1.807) is 0 Å². The first-order valence-electron chi connectivity index (χ1n) is 8.13. The average molecular weight is 330 g/mol. The van der Waals surface area contributed by atoms with E-state index in [4.69, 9.17) is 21.1 Å². The molecule has 0 bridgehead atoms. The number of rotatable bonds is 4. The van der Waals surface area contributed by atoms with Gasteiger partial charge in [0.25, 0.3) is 0 Å². The fourth-order valence-electron chi connectivity index (χ4n) is 3.52. The smallest absolute Gasteiger partial charge is 0.123 e. The van der Waals surface area contributed by atoms with Crippen LogP contribution in [0.25, 0.3) is 0 Å². The van der Waals surface area contributed by atoms with Gasteiger partial charge in [0.15, 0.2) is 0 Å². The molecule has 23 heavy (non-hydrogen) atoms. The minimum atomic E-state index is 0.292. The lowest BCUT2D eigenvalue weighted by Crippen LogP contribution is -2.32. The Morgan fingerprint density at radius 2 is 2.00 bits per heavy atom. The van der Waals surface area contributed by atoms with Crippen LogP contribution in [0.15, 0.2) is 48.5 Å². The summed E-state index contributed by atoms with van der Waals surface area (Å²) in [6.45, 7) is 3.68. The van der Waals surface area contributed by atoms with E-state index in [2.05, 4.69) is 4.90 Å². The summed E-state index contributed by atoms with van der Waals surface area (Å²) in [4.78, 5) is 2.44. The van der Waals surface area contributed by atoms with Crippen molar-refractivity contribution in [3.63, 3.8) is 0 Å². The summed E-state index contributed by atoms with van der Waals surface area (Å²) < 4.78 is 12.0. The van der Waals surface area contributed by atoms with E-state index in [9.17, 15) is 0 Å². The van der Waals surface area contributed by atoms with Gasteiger partial charge in [0.05, 0.1) is 0 Å². The van der Waals surface area contributed by atoms with Gasteiger partial charge in [-0.2, -0.15) is 0 Å². The van der Waals surface area contributed by atoms with E-state index in [0.717, 1.165) is 42.6 Å². The zero-order chi connectivity index (χ0) is 15.6. The van der Waals surface area contributed by atoms with Crippen molar-refractivity contribution in [2.45, 2.75) is 12.5 Å². The van der Waals surface area contributed by atoms with Crippen molar-refractivity contribution < 1.29 is 9.47 Å². The second-order valence-electron chi connectivity index (χ2n) is 6.29. The zero-order valence-electron chi connectivity index (χ0n) is 13.0. The zero-order valence-corrected chi connectivity index (χ0v) is 13.7. The van der Waals surface area contributed by atoms with Crippen molar-refractivity contribution in [2.75, 3.05) is 26.2 Å². The Labute approximate surface area is 141 Å². The minimum absolute atomic E-state index is 0.292. The van der Waals surface area contributed by atoms with Gasteiger partial charge in [-0.05, 0) is 42.3 Å². The predicted molar refractivity (Wildman–Crippen MR) is 91.4 cm³/mol. The fourth-order valence-corrected chi connectivity index (χ4v) is 3.71. The Bertz CT molecular complexity index is 676. The lowest BCUT2D eigenvalue weighted by atomic mass is 9.93. The van der Waals surface area contributed by atoms with E-state index in [-0.39, 0.29) is 0 Å². The summed E-state index contributed by atoms with van der Waals surface area (Å²) in [5.41, 5.74) is 1.24. The fraction of sp³-hybridized carbons (Fsp3) is 0.368. The highest BCUT2D eigenvalue weighted by molar-refractivity contribution is 6.30. The Kier molecular flexibility index (Phi) is 4.15. The standard InChI is InChI=1S/C19H20ClNO2/c20-16-6-7-18-14(11-16)10-15-12-21(13-19(15)23-18)8-9-22-17-4-2-1-3-5-17/h1-7,11,15,19H,8-10,12-13H2/t15-,19-/m1/s1. The average Bonchev–Trinajstić information content (AvgIpc) is 2.95. The van der Waals surface area contributed by atoms with Gasteiger partial charge in [-0.25, -0.2) is 0 Å². The highest BCUT2D eigenvalue weighted by Crippen LogP contribution is 2.36. The summed E-state index contributed by atoms with van der Waals surface area (Å²) in [5.74, 6) is 2.48. The molecule has 1 fully saturated rings. The molecule has 2 heterocycles. The van der Waals surface area contributed by atoms with Crippen molar-refractivity contribution >= 4 is 11.6 Å². The van der Waals surface area contributed by atoms with E-state index >= 15 is 0 Å². The second kappa shape index (κ2) is 6.42. The lowest BCUT2D eigenvalue weighted by Gasteiger charge is -2.27. The van der Waals surface area contributed by atoms with Gasteiger partial charge in [0.2, 0.25) is 0 Å². The van der Waals surface area contributed by atoms with Crippen molar-refractivity contribution in [2.24, 2.45) is 5.92 Å². The summed E-state index contributed by atoms with van der Waals surface area (Å²) in [5, 5.41) is 0.789. The van der Waals surface area contributed by atoms with Crippen LogP contribution in [0.5, 0.6) is 11.5 Å². The van der Waals surface area contributed by atoms with Crippen LogP contribution in [-0.2, 0) is 6.42 Å². The van der Waals surface area contributed by atoms with Crippen LogP contribution in [0.2, 0.25) is 5.02 Å². The van der Waals surface area contributed by atoms with Crippen molar-refractivity contribution in [3.8, 4) is 11.5 Å². The molecule has 3 nitrogen and oxygen atoms in total. The quantitative estimate of drug-likeness (QED) is 0.854. The summed E-state index contributed by atoms with van der Waals surface area (Å²) in [6.07, 6.45) is 1.34. The van der Waals surface area contributed by atoms with Crippen LogP contribution in [0.3, 0.4) is 0 Å². The van der Waals surface area contributed by atoms with Crippen LogP contribution in [0.4, 0.5) is 0 Å². The third-order valence-corrected chi connectivity index (χ3v) is 4.89. The van der Waals surface area contributed by atoms with Crippen molar-refractivity contribution in [3.05, 3.63) is 59.1 Å². The van der Waals surface area contributed by atoms with Crippen LogP contribution in [0, 0.1) is 5.92 Å². The number of halogens is 1. The van der Waals surface area contributed by atoms with Crippen LogP contribution >= 0.6 is 11.6 Å². The molecule has 4 heteroatoms. The van der Waals surface area contributed by atoms with Crippen molar-refractivity contribution in [1.29, 1.82) is 0 Å². The Balaban J connectivity index is 1.32. The molecule has 4 rings (SSSR count). The number of fused-ring (bicyclic) bond motifs is 2. The summed E-state index contributed by atoms with van der Waals surface area (Å²) in [7, 11) is 0. The molecule has 2 aromatic carbocycles. The molecule has 0 unspecified atom stereocenters. The summed E-state index contributed by atoms with van der Waals surface area (Å²) in [6, 6.07) is 15.9. The second-order valence-corrected chi connectivity index (χ2v) is 6.73. The monoisotopic (exact) mass is 329 g/mol. The Morgan fingerprint density at radius 1 is 1.13 bits per heavy atom. The number of para-hydroxylation sites is 1. The number of likely N-dealkylation sites (tertiary alicyclic amines) is 1. The maximum atomic E-state index is 6.16.